The van der Waals surface area contributed by atoms with E-state index in [9.17, 15) is 14.4 Å². The number of aryl methyl sites for hydroxylation is 1. The second kappa shape index (κ2) is 5.55. The van der Waals surface area contributed by atoms with Gasteiger partial charge in [0.1, 0.15) is 0 Å². The average molecular weight is 327 g/mol. The highest BCUT2D eigenvalue weighted by molar-refractivity contribution is 6.20. The van der Waals surface area contributed by atoms with E-state index in [1.54, 1.807) is 12.1 Å². The Bertz CT molecular complexity index is 805. The summed E-state index contributed by atoms with van der Waals surface area (Å²) in [5, 5.41) is 4.35. The monoisotopic (exact) mass is 327 g/mol. The Morgan fingerprint density at radius 1 is 1.21 bits per heavy atom. The van der Waals surface area contributed by atoms with Crippen LogP contribution in [-0.2, 0) is 16.1 Å². The van der Waals surface area contributed by atoms with Gasteiger partial charge in [0.2, 0.25) is 5.89 Å². The van der Waals surface area contributed by atoms with Gasteiger partial charge in [-0.15, -0.1) is 0 Å². The SMILES string of the molecule is O=C(CCc1nc(C2CC2)no1)ON1C(=O)c2ccccc2C1=O. The van der Waals surface area contributed by atoms with Crippen LogP contribution in [0.4, 0.5) is 0 Å². The Morgan fingerprint density at radius 3 is 2.50 bits per heavy atom. The molecule has 0 N–H and O–H groups in total. The maximum atomic E-state index is 12.1. The number of aromatic nitrogens is 2. The molecule has 0 radical (unpaired) electrons. The van der Waals surface area contributed by atoms with Crippen molar-refractivity contribution in [1.82, 2.24) is 15.2 Å². The van der Waals surface area contributed by atoms with Crippen LogP contribution in [0.2, 0.25) is 0 Å². The minimum absolute atomic E-state index is 0.0697. The van der Waals surface area contributed by atoms with Crippen LogP contribution >= 0.6 is 0 Å². The summed E-state index contributed by atoms with van der Waals surface area (Å²) in [6, 6.07) is 6.31. The fourth-order valence-corrected chi connectivity index (χ4v) is 2.48. The smallest absolute Gasteiger partial charge is 0.333 e. The van der Waals surface area contributed by atoms with E-state index in [4.69, 9.17) is 9.36 Å². The third kappa shape index (κ3) is 2.55. The molecule has 1 fully saturated rings. The lowest BCUT2D eigenvalue weighted by atomic mass is 10.1. The quantitative estimate of drug-likeness (QED) is 0.769. The molecule has 2 aromatic rings. The number of benzene rings is 1. The number of hydrogen-bond acceptors (Lipinski definition) is 7. The van der Waals surface area contributed by atoms with E-state index in [-0.39, 0.29) is 24.0 Å². The summed E-state index contributed by atoms with van der Waals surface area (Å²) in [7, 11) is 0. The molecule has 1 saturated carbocycles. The van der Waals surface area contributed by atoms with Crippen LogP contribution in [0.3, 0.4) is 0 Å². The van der Waals surface area contributed by atoms with Gasteiger partial charge in [-0.1, -0.05) is 22.4 Å². The number of carbonyl (C=O) groups is 3. The molecule has 4 rings (SSSR count). The fraction of sp³-hybridized carbons (Fsp3) is 0.312. The van der Waals surface area contributed by atoms with Crippen LogP contribution < -0.4 is 0 Å². The van der Waals surface area contributed by atoms with Crippen LogP contribution in [0.1, 0.15) is 57.6 Å². The Labute approximate surface area is 136 Å². The zero-order valence-corrected chi connectivity index (χ0v) is 12.6. The number of hydrogen-bond donors (Lipinski definition) is 0. The van der Waals surface area contributed by atoms with E-state index < -0.39 is 17.8 Å². The van der Waals surface area contributed by atoms with Crippen molar-refractivity contribution in [1.29, 1.82) is 0 Å². The summed E-state index contributed by atoms with van der Waals surface area (Å²) in [5.74, 6) is -0.617. The summed E-state index contributed by atoms with van der Waals surface area (Å²) in [5.41, 5.74) is 0.447. The zero-order valence-electron chi connectivity index (χ0n) is 12.6. The van der Waals surface area contributed by atoms with Gasteiger partial charge < -0.3 is 9.36 Å². The van der Waals surface area contributed by atoms with E-state index in [1.165, 1.54) is 12.1 Å². The van der Waals surface area contributed by atoms with Gasteiger partial charge in [0.05, 0.1) is 17.5 Å². The van der Waals surface area contributed by atoms with E-state index >= 15 is 0 Å². The van der Waals surface area contributed by atoms with Gasteiger partial charge in [-0.3, -0.25) is 9.59 Å². The summed E-state index contributed by atoms with van der Waals surface area (Å²) >= 11 is 0. The van der Waals surface area contributed by atoms with Crippen molar-refractivity contribution in [2.75, 3.05) is 0 Å². The highest BCUT2D eigenvalue weighted by Gasteiger charge is 2.38. The summed E-state index contributed by atoms with van der Waals surface area (Å²) < 4.78 is 5.06. The van der Waals surface area contributed by atoms with Crippen LogP contribution in [0, 0.1) is 0 Å². The summed E-state index contributed by atoms with van der Waals surface area (Å²) in [6.07, 6.45) is 2.24. The maximum Gasteiger partial charge on any atom is 0.333 e. The molecule has 2 amide bonds. The first kappa shape index (κ1) is 14.6. The van der Waals surface area contributed by atoms with Gasteiger partial charge in [0.15, 0.2) is 5.82 Å². The molecule has 0 atom stereocenters. The molecule has 0 spiro atoms. The second-order valence-corrected chi connectivity index (χ2v) is 5.73. The highest BCUT2D eigenvalue weighted by atomic mass is 16.7. The number of rotatable bonds is 5. The van der Waals surface area contributed by atoms with Crippen LogP contribution in [0.5, 0.6) is 0 Å². The van der Waals surface area contributed by atoms with Crippen molar-refractivity contribution >= 4 is 17.8 Å². The van der Waals surface area contributed by atoms with Gasteiger partial charge in [0, 0.05) is 12.3 Å². The number of imide groups is 1. The molecule has 0 saturated heterocycles. The molecule has 2 aliphatic rings. The van der Waals surface area contributed by atoms with Crippen molar-refractivity contribution in [3.05, 3.63) is 47.1 Å². The van der Waals surface area contributed by atoms with Crippen LogP contribution in [-0.4, -0.2) is 33.0 Å². The second-order valence-electron chi connectivity index (χ2n) is 5.73. The molecule has 1 aliphatic heterocycles. The Balaban J connectivity index is 1.36. The molecule has 122 valence electrons. The summed E-state index contributed by atoms with van der Waals surface area (Å²) in [4.78, 5) is 45.2. The molecular formula is C16H13N3O5. The molecule has 0 bridgehead atoms. The van der Waals surface area contributed by atoms with Gasteiger partial charge in [-0.25, -0.2) is 4.79 Å². The standard InChI is InChI=1S/C16H13N3O5/c20-13(8-7-12-17-14(18-23-12)9-5-6-9)24-19-15(21)10-3-1-2-4-11(10)16(19)22/h1-4,9H,5-8H2. The molecule has 8 heteroatoms. The van der Waals surface area contributed by atoms with Crippen molar-refractivity contribution in [3.8, 4) is 0 Å². The third-order valence-corrected chi connectivity index (χ3v) is 3.92. The first-order valence-electron chi connectivity index (χ1n) is 7.64. The largest absolute Gasteiger partial charge is 0.339 e. The highest BCUT2D eigenvalue weighted by Crippen LogP contribution is 2.38. The number of amides is 2. The molecule has 1 aromatic heterocycles. The van der Waals surface area contributed by atoms with Gasteiger partial charge in [-0.2, -0.15) is 4.98 Å². The van der Waals surface area contributed by atoms with Crippen molar-refractivity contribution < 1.29 is 23.7 Å². The number of carbonyl (C=O) groups excluding carboxylic acids is 3. The van der Waals surface area contributed by atoms with Crippen LogP contribution in [0.25, 0.3) is 0 Å². The lowest BCUT2D eigenvalue weighted by molar-refractivity contribution is -0.168. The lowest BCUT2D eigenvalue weighted by Gasteiger charge is -2.12. The molecule has 24 heavy (non-hydrogen) atoms. The fourth-order valence-electron chi connectivity index (χ4n) is 2.48. The van der Waals surface area contributed by atoms with Gasteiger partial charge in [-0.05, 0) is 25.0 Å². The van der Waals surface area contributed by atoms with E-state index in [1.807, 2.05) is 0 Å². The number of hydroxylamine groups is 2. The molecule has 1 aromatic carbocycles. The minimum atomic E-state index is -0.712. The van der Waals surface area contributed by atoms with Gasteiger partial charge in [0.25, 0.3) is 11.8 Å². The minimum Gasteiger partial charge on any atom is -0.339 e. The maximum absolute atomic E-state index is 12.1. The molecule has 0 unspecified atom stereocenters. The predicted octanol–water partition coefficient (Wildman–Crippen LogP) is 1.63. The van der Waals surface area contributed by atoms with E-state index in [2.05, 4.69) is 10.1 Å². The molecule has 2 heterocycles. The van der Waals surface area contributed by atoms with Crippen molar-refractivity contribution in [2.24, 2.45) is 0 Å². The molecule has 1 aliphatic carbocycles. The topological polar surface area (TPSA) is 103 Å². The van der Waals surface area contributed by atoms with Gasteiger partial charge >= 0.3 is 5.97 Å². The Kier molecular flexibility index (Phi) is 3.37. The molecular weight excluding hydrogens is 314 g/mol. The zero-order chi connectivity index (χ0) is 16.7. The van der Waals surface area contributed by atoms with E-state index in [0.29, 0.717) is 22.7 Å². The Morgan fingerprint density at radius 2 is 1.88 bits per heavy atom. The number of nitrogens with zero attached hydrogens (tertiary/aromatic N) is 3. The first-order valence-corrected chi connectivity index (χ1v) is 7.64. The van der Waals surface area contributed by atoms with Crippen LogP contribution in [0.15, 0.2) is 28.8 Å². The molecule has 8 nitrogen and oxygen atoms in total. The first-order chi connectivity index (χ1) is 11.6. The lowest BCUT2D eigenvalue weighted by Crippen LogP contribution is -2.32. The van der Waals surface area contributed by atoms with Crippen molar-refractivity contribution in [2.45, 2.75) is 31.6 Å². The third-order valence-electron chi connectivity index (χ3n) is 3.92. The number of fused-ring (bicyclic) bond motifs is 1. The average Bonchev–Trinajstić information content (AvgIpc) is 3.29. The van der Waals surface area contributed by atoms with E-state index in [0.717, 1.165) is 12.8 Å². The van der Waals surface area contributed by atoms with Crippen molar-refractivity contribution in [3.63, 3.8) is 0 Å². The summed E-state index contributed by atoms with van der Waals surface area (Å²) in [6.45, 7) is 0. The Hall–Kier alpha value is -3.03. The predicted molar refractivity (Wildman–Crippen MR) is 77.6 cm³/mol. The normalized spacial score (nSPS) is 16.4.